The fourth-order valence-electron chi connectivity index (χ4n) is 2.04. The number of methoxy groups -OCH3 is 1. The number of phenols is 1. The summed E-state index contributed by atoms with van der Waals surface area (Å²) in [5.41, 5.74) is 1.81. The molecule has 2 rings (SSSR count). The number of carbonyl (C=O) groups is 1. The molecule has 0 aliphatic heterocycles. The fourth-order valence-corrected chi connectivity index (χ4v) is 2.04. The van der Waals surface area contributed by atoms with E-state index in [9.17, 15) is 9.90 Å². The zero-order chi connectivity index (χ0) is 10.1. The van der Waals surface area contributed by atoms with E-state index in [1.807, 2.05) is 6.07 Å². The van der Waals surface area contributed by atoms with Crippen molar-refractivity contribution >= 4 is 5.97 Å². The summed E-state index contributed by atoms with van der Waals surface area (Å²) in [4.78, 5) is 11.4. The third-order valence-electron chi connectivity index (χ3n) is 2.71. The fraction of sp³-hybridized carbons (Fsp3) is 0.364. The number of ether oxygens (including phenoxy) is 1. The van der Waals surface area contributed by atoms with Crippen molar-refractivity contribution in [3.63, 3.8) is 0 Å². The summed E-state index contributed by atoms with van der Waals surface area (Å²) in [6.45, 7) is 0. The van der Waals surface area contributed by atoms with Crippen LogP contribution in [0, 0.1) is 0 Å². The van der Waals surface area contributed by atoms with Crippen LogP contribution >= 0.6 is 0 Å². The molecule has 1 aliphatic carbocycles. The summed E-state index contributed by atoms with van der Waals surface area (Å²) >= 11 is 0. The maximum atomic E-state index is 11.4. The molecular weight excluding hydrogens is 180 g/mol. The summed E-state index contributed by atoms with van der Waals surface area (Å²) in [6.07, 6.45) is 1.57. The lowest BCUT2D eigenvalue weighted by Crippen LogP contribution is -2.11. The highest BCUT2D eigenvalue weighted by molar-refractivity contribution is 5.80. The van der Waals surface area contributed by atoms with Gasteiger partial charge in [0.25, 0.3) is 0 Å². The Bertz CT molecular complexity index is 371. The van der Waals surface area contributed by atoms with Gasteiger partial charge in [0.1, 0.15) is 5.75 Å². The lowest BCUT2D eigenvalue weighted by Gasteiger charge is -2.09. The molecular formula is C11H12O3. The molecule has 0 spiro atoms. The Hall–Kier alpha value is -1.51. The van der Waals surface area contributed by atoms with E-state index in [-0.39, 0.29) is 17.6 Å². The highest BCUT2D eigenvalue weighted by Crippen LogP contribution is 2.39. The number of fused-ring (bicyclic) bond motifs is 1. The van der Waals surface area contributed by atoms with Gasteiger partial charge in [-0.15, -0.1) is 0 Å². The zero-order valence-corrected chi connectivity index (χ0v) is 7.99. The maximum absolute atomic E-state index is 11.4. The van der Waals surface area contributed by atoms with E-state index in [4.69, 9.17) is 4.74 Å². The van der Waals surface area contributed by atoms with E-state index < -0.39 is 0 Å². The normalized spacial score (nSPS) is 19.1. The molecule has 0 heterocycles. The van der Waals surface area contributed by atoms with Crippen molar-refractivity contribution in [2.45, 2.75) is 18.8 Å². The molecule has 1 N–H and O–H groups in total. The number of carbonyl (C=O) groups excluding carboxylic acids is 1. The van der Waals surface area contributed by atoms with E-state index in [0.29, 0.717) is 0 Å². The Morgan fingerprint density at radius 3 is 3.07 bits per heavy atom. The van der Waals surface area contributed by atoms with Crippen LogP contribution in [0.1, 0.15) is 23.5 Å². The van der Waals surface area contributed by atoms with E-state index in [1.165, 1.54) is 7.11 Å². The van der Waals surface area contributed by atoms with Gasteiger partial charge in [-0.25, -0.2) is 0 Å². The first kappa shape index (κ1) is 9.06. The first-order chi connectivity index (χ1) is 6.74. The van der Waals surface area contributed by atoms with Gasteiger partial charge in [0.15, 0.2) is 0 Å². The molecule has 1 atom stereocenters. The van der Waals surface area contributed by atoms with Crippen molar-refractivity contribution in [2.75, 3.05) is 7.11 Å². The maximum Gasteiger partial charge on any atom is 0.313 e. The first-order valence-corrected chi connectivity index (χ1v) is 4.62. The Morgan fingerprint density at radius 1 is 1.57 bits per heavy atom. The Balaban J connectivity index is 2.43. The molecule has 3 nitrogen and oxygen atoms in total. The summed E-state index contributed by atoms with van der Waals surface area (Å²) in [7, 11) is 1.38. The van der Waals surface area contributed by atoms with Crippen molar-refractivity contribution in [1.29, 1.82) is 0 Å². The highest BCUT2D eigenvalue weighted by Gasteiger charge is 2.31. The smallest absolute Gasteiger partial charge is 0.313 e. The number of esters is 1. The number of phenolic OH excluding ortho intramolecular Hbond substituents is 1. The molecule has 0 fully saturated rings. The van der Waals surface area contributed by atoms with Gasteiger partial charge in [0, 0.05) is 5.56 Å². The van der Waals surface area contributed by atoms with Gasteiger partial charge in [-0.1, -0.05) is 12.1 Å². The van der Waals surface area contributed by atoms with Crippen LogP contribution < -0.4 is 0 Å². The lowest BCUT2D eigenvalue weighted by atomic mass is 10.0. The van der Waals surface area contributed by atoms with Gasteiger partial charge in [0.05, 0.1) is 13.0 Å². The Labute approximate surface area is 82.3 Å². The second kappa shape index (κ2) is 3.33. The van der Waals surface area contributed by atoms with Crippen molar-refractivity contribution in [2.24, 2.45) is 0 Å². The number of rotatable bonds is 1. The zero-order valence-electron chi connectivity index (χ0n) is 7.99. The monoisotopic (exact) mass is 192 g/mol. The van der Waals surface area contributed by atoms with Crippen LogP contribution in [0.2, 0.25) is 0 Å². The van der Waals surface area contributed by atoms with Crippen LogP contribution in [-0.2, 0) is 16.0 Å². The van der Waals surface area contributed by atoms with Gasteiger partial charge in [-0.2, -0.15) is 0 Å². The minimum atomic E-state index is -0.281. The van der Waals surface area contributed by atoms with Gasteiger partial charge in [0.2, 0.25) is 0 Å². The number of hydrogen-bond acceptors (Lipinski definition) is 3. The van der Waals surface area contributed by atoms with Crippen LogP contribution in [0.5, 0.6) is 5.75 Å². The molecule has 1 aromatic carbocycles. The van der Waals surface area contributed by atoms with Crippen LogP contribution in [0.15, 0.2) is 18.2 Å². The summed E-state index contributed by atoms with van der Waals surface area (Å²) < 4.78 is 4.70. The first-order valence-electron chi connectivity index (χ1n) is 4.62. The summed E-state index contributed by atoms with van der Waals surface area (Å²) in [5, 5.41) is 9.64. The quantitative estimate of drug-likeness (QED) is 0.687. The number of aromatic hydroxyl groups is 1. The molecule has 14 heavy (non-hydrogen) atoms. The molecule has 74 valence electrons. The van der Waals surface area contributed by atoms with Gasteiger partial charge in [-0.05, 0) is 24.5 Å². The van der Waals surface area contributed by atoms with E-state index >= 15 is 0 Å². The summed E-state index contributed by atoms with van der Waals surface area (Å²) in [5.74, 6) is -0.336. The Kier molecular flexibility index (Phi) is 2.15. The standard InChI is InChI=1S/C11H12O3/c1-14-11(13)8-6-5-7-3-2-4-9(12)10(7)8/h2-4,8,12H,5-6H2,1H3. The molecule has 0 bridgehead atoms. The minimum absolute atomic E-state index is 0.204. The number of benzene rings is 1. The van der Waals surface area contributed by atoms with Crippen molar-refractivity contribution < 1.29 is 14.6 Å². The van der Waals surface area contributed by atoms with Crippen LogP contribution in [0.4, 0.5) is 0 Å². The second-order valence-corrected chi connectivity index (χ2v) is 3.46. The molecule has 3 heteroatoms. The second-order valence-electron chi connectivity index (χ2n) is 3.46. The average Bonchev–Trinajstić information content (AvgIpc) is 2.62. The van der Waals surface area contributed by atoms with E-state index in [1.54, 1.807) is 12.1 Å². The summed E-state index contributed by atoms with van der Waals surface area (Å²) in [6, 6.07) is 5.35. The molecule has 0 saturated heterocycles. The molecule has 1 aliphatic rings. The van der Waals surface area contributed by atoms with Gasteiger partial charge >= 0.3 is 5.97 Å². The van der Waals surface area contributed by atoms with E-state index in [2.05, 4.69) is 0 Å². The van der Waals surface area contributed by atoms with Crippen molar-refractivity contribution in [3.8, 4) is 5.75 Å². The molecule has 1 unspecified atom stereocenters. The number of aryl methyl sites for hydroxylation is 1. The number of hydrogen-bond donors (Lipinski definition) is 1. The highest BCUT2D eigenvalue weighted by atomic mass is 16.5. The van der Waals surface area contributed by atoms with Crippen molar-refractivity contribution in [3.05, 3.63) is 29.3 Å². The largest absolute Gasteiger partial charge is 0.508 e. The Morgan fingerprint density at radius 2 is 2.36 bits per heavy atom. The van der Waals surface area contributed by atoms with Gasteiger partial charge in [-0.3, -0.25) is 4.79 Å². The molecule has 0 aromatic heterocycles. The van der Waals surface area contributed by atoms with E-state index in [0.717, 1.165) is 24.0 Å². The molecule has 0 radical (unpaired) electrons. The lowest BCUT2D eigenvalue weighted by molar-refractivity contribution is -0.142. The minimum Gasteiger partial charge on any atom is -0.508 e. The van der Waals surface area contributed by atoms with Crippen LogP contribution in [0.25, 0.3) is 0 Å². The molecule has 1 aromatic rings. The molecule has 0 saturated carbocycles. The molecule has 0 amide bonds. The SMILES string of the molecule is COC(=O)C1CCc2cccc(O)c21. The topological polar surface area (TPSA) is 46.5 Å². The van der Waals surface area contributed by atoms with Crippen molar-refractivity contribution in [1.82, 2.24) is 0 Å². The third-order valence-corrected chi connectivity index (χ3v) is 2.71. The van der Waals surface area contributed by atoms with Crippen LogP contribution in [-0.4, -0.2) is 18.2 Å². The third kappa shape index (κ3) is 1.25. The predicted molar refractivity (Wildman–Crippen MR) is 51.2 cm³/mol. The predicted octanol–water partition coefficient (Wildman–Crippen LogP) is 1.59. The van der Waals surface area contributed by atoms with Crippen LogP contribution in [0.3, 0.4) is 0 Å². The van der Waals surface area contributed by atoms with Gasteiger partial charge < -0.3 is 9.84 Å². The average molecular weight is 192 g/mol.